The molecule has 5 heterocycles. The van der Waals surface area contributed by atoms with E-state index in [-0.39, 0.29) is 41.6 Å². The summed E-state index contributed by atoms with van der Waals surface area (Å²) in [6.07, 6.45) is -2.86. The Bertz CT molecular complexity index is 1200. The lowest BCUT2D eigenvalue weighted by Crippen LogP contribution is -2.70. The first-order chi connectivity index (χ1) is 15.8. The summed E-state index contributed by atoms with van der Waals surface area (Å²) >= 11 is 1.33. The Morgan fingerprint density at radius 3 is 2.73 bits per heavy atom. The van der Waals surface area contributed by atoms with Gasteiger partial charge in [-0.1, -0.05) is 0 Å². The molecule has 13 heteroatoms. The van der Waals surface area contributed by atoms with Crippen LogP contribution in [0, 0.1) is 0 Å². The number of benzene rings is 1. The Morgan fingerprint density at radius 1 is 1.33 bits per heavy atom. The molecule has 0 spiro atoms. The number of hydrogen-bond donors (Lipinski definition) is 1. The maximum absolute atomic E-state index is 14.3. The van der Waals surface area contributed by atoms with Crippen LogP contribution in [0.2, 0.25) is 0 Å². The van der Waals surface area contributed by atoms with Crippen LogP contribution in [0.25, 0.3) is 21.7 Å². The smallest absolute Gasteiger partial charge is 0.465 e. The van der Waals surface area contributed by atoms with Crippen molar-refractivity contribution in [1.29, 1.82) is 0 Å². The van der Waals surface area contributed by atoms with Gasteiger partial charge in [-0.25, -0.2) is 14.6 Å². The van der Waals surface area contributed by atoms with Gasteiger partial charge < -0.3 is 23.9 Å². The maximum atomic E-state index is 14.3. The van der Waals surface area contributed by atoms with Crippen LogP contribution >= 0.6 is 11.3 Å². The van der Waals surface area contributed by atoms with E-state index >= 15 is 0 Å². The molecule has 174 valence electrons. The molecule has 3 saturated heterocycles. The van der Waals surface area contributed by atoms with Gasteiger partial charge in [-0.05, 0) is 25.5 Å². The number of halogens is 2. The third-order valence-electron chi connectivity index (χ3n) is 5.59. The van der Waals surface area contributed by atoms with Gasteiger partial charge in [-0.15, -0.1) is 11.3 Å². The van der Waals surface area contributed by atoms with Gasteiger partial charge in [0.2, 0.25) is 0 Å². The summed E-state index contributed by atoms with van der Waals surface area (Å²) in [5, 5.41) is 11.7. The number of fused-ring (bicyclic) bond motifs is 3. The maximum Gasteiger partial charge on any atom is 0.502 e. The monoisotopic (exact) mass is 480 g/mol. The van der Waals surface area contributed by atoms with Gasteiger partial charge in [0.1, 0.15) is 5.01 Å². The molecule has 1 N–H and O–H groups in total. The fraction of sp³-hybridized carbons (Fsp3) is 0.400. The normalized spacial score (nSPS) is 20.0. The molecule has 1 amide bonds. The van der Waals surface area contributed by atoms with E-state index in [1.165, 1.54) is 35.3 Å². The van der Waals surface area contributed by atoms with Gasteiger partial charge in [-0.2, -0.15) is 13.8 Å². The van der Waals surface area contributed by atoms with Gasteiger partial charge in [0.15, 0.2) is 16.8 Å². The zero-order chi connectivity index (χ0) is 23.3. The lowest BCUT2D eigenvalue weighted by Gasteiger charge is -2.54. The summed E-state index contributed by atoms with van der Waals surface area (Å²) in [6.45, 7) is 1.90. The Kier molecular flexibility index (Phi) is 5.07. The number of piperazine rings is 1. The lowest BCUT2D eigenvalue weighted by atomic mass is 9.88. The lowest BCUT2D eigenvalue weighted by molar-refractivity contribution is -0.216. The summed E-state index contributed by atoms with van der Waals surface area (Å²) in [7, 11) is 0. The molecular weight excluding hydrogens is 462 g/mol. The van der Waals surface area contributed by atoms with Crippen LogP contribution in [0.5, 0.6) is 5.75 Å². The molecular formula is C20H18F2N4O6S. The Labute approximate surface area is 189 Å². The van der Waals surface area contributed by atoms with Crippen LogP contribution in [0.4, 0.5) is 19.6 Å². The van der Waals surface area contributed by atoms with Gasteiger partial charge in [0, 0.05) is 24.7 Å². The number of piperidine rings is 1. The van der Waals surface area contributed by atoms with Gasteiger partial charge in [0.25, 0.3) is 6.01 Å². The van der Waals surface area contributed by atoms with Gasteiger partial charge in [0.05, 0.1) is 24.3 Å². The number of carbonyl (C=O) groups excluding carboxylic acids is 1. The molecule has 3 aliphatic rings. The van der Waals surface area contributed by atoms with E-state index in [0.717, 1.165) is 6.42 Å². The molecule has 6 rings (SSSR count). The number of alkyl halides is 2. The number of oxazole rings is 1. The number of carbonyl (C=O) groups is 2. The molecule has 33 heavy (non-hydrogen) atoms. The van der Waals surface area contributed by atoms with E-state index in [0.29, 0.717) is 23.7 Å². The van der Waals surface area contributed by atoms with Crippen molar-refractivity contribution in [3.8, 4) is 16.3 Å². The fourth-order valence-corrected chi connectivity index (χ4v) is 4.85. The molecule has 2 aromatic heterocycles. The highest BCUT2D eigenvalue weighted by molar-refractivity contribution is 7.13. The highest BCUT2D eigenvalue weighted by atomic mass is 32.1. The van der Waals surface area contributed by atoms with Crippen LogP contribution < -0.4 is 9.64 Å². The molecule has 3 fully saturated rings. The van der Waals surface area contributed by atoms with Crippen LogP contribution in [0.3, 0.4) is 0 Å². The van der Waals surface area contributed by atoms with Crippen molar-refractivity contribution < 1.29 is 37.4 Å². The SMILES string of the molecule is CCOC(=O)C(F)(F)Oc1ccc(-c2nccs2)c2oc(N3CC4CC(C3)N4C(=O)O)nc12. The summed E-state index contributed by atoms with van der Waals surface area (Å²) in [5.41, 5.74) is 0.697. The zero-order valence-corrected chi connectivity index (χ0v) is 18.1. The molecule has 3 aliphatic heterocycles. The highest BCUT2D eigenvalue weighted by Gasteiger charge is 2.49. The van der Waals surface area contributed by atoms with Gasteiger partial charge in [-0.3, -0.25) is 4.90 Å². The van der Waals surface area contributed by atoms with Crippen molar-refractivity contribution in [1.82, 2.24) is 14.9 Å². The predicted octanol–water partition coefficient (Wildman–Crippen LogP) is 3.43. The molecule has 2 bridgehead atoms. The molecule has 0 radical (unpaired) electrons. The topological polar surface area (TPSA) is 118 Å². The van der Waals surface area contributed by atoms with E-state index in [1.807, 2.05) is 0 Å². The number of anilines is 1. The average Bonchev–Trinajstić information content (AvgIpc) is 3.44. The van der Waals surface area contributed by atoms with Gasteiger partial charge >= 0.3 is 18.2 Å². The molecule has 10 nitrogen and oxygen atoms in total. The van der Waals surface area contributed by atoms with Crippen LogP contribution in [-0.2, 0) is 9.53 Å². The Morgan fingerprint density at radius 2 is 2.09 bits per heavy atom. The van der Waals surface area contributed by atoms with E-state index in [1.54, 1.807) is 16.5 Å². The summed E-state index contributed by atoms with van der Waals surface area (Å²) in [5.74, 6) is -2.16. The zero-order valence-electron chi connectivity index (χ0n) is 17.2. The number of rotatable bonds is 6. The fourth-order valence-electron chi connectivity index (χ4n) is 4.19. The van der Waals surface area contributed by atoms with E-state index in [4.69, 9.17) is 9.15 Å². The number of hydrogen-bond acceptors (Lipinski definition) is 9. The first-order valence-electron chi connectivity index (χ1n) is 10.1. The summed E-state index contributed by atoms with van der Waals surface area (Å²) in [4.78, 5) is 34.8. The first kappa shape index (κ1) is 21.4. The number of ether oxygens (including phenoxy) is 2. The minimum Gasteiger partial charge on any atom is -0.465 e. The Balaban J connectivity index is 1.52. The molecule has 0 aliphatic carbocycles. The second-order valence-corrected chi connectivity index (χ2v) is 8.49. The third-order valence-corrected chi connectivity index (χ3v) is 6.40. The van der Waals surface area contributed by atoms with E-state index < -0.39 is 18.2 Å². The Hall–Kier alpha value is -3.48. The number of nitrogens with zero attached hydrogens (tertiary/aromatic N) is 4. The second kappa shape index (κ2) is 7.83. The van der Waals surface area contributed by atoms with Crippen molar-refractivity contribution in [3.05, 3.63) is 23.7 Å². The second-order valence-electron chi connectivity index (χ2n) is 7.60. The quantitative estimate of drug-likeness (QED) is 0.529. The first-order valence-corrected chi connectivity index (χ1v) is 11.0. The number of carboxylic acid groups (broad SMARTS) is 1. The number of thiazole rings is 1. The standard InChI is InChI=1S/C20H18F2N4O6S/c1-2-30-17(27)20(21,22)32-13-4-3-12(16-23-5-6-33-16)15-14(13)24-18(31-15)25-8-10-7-11(9-25)26(10)19(28)29/h3-6,10-11H,2,7-9H2,1H3,(H,28,29). The van der Waals surface area contributed by atoms with Crippen molar-refractivity contribution >= 4 is 40.5 Å². The van der Waals surface area contributed by atoms with Crippen LogP contribution in [0.1, 0.15) is 13.3 Å². The van der Waals surface area contributed by atoms with Crippen LogP contribution in [0.15, 0.2) is 28.1 Å². The largest absolute Gasteiger partial charge is 0.502 e. The van der Waals surface area contributed by atoms with Crippen molar-refractivity contribution in [3.63, 3.8) is 0 Å². The van der Waals surface area contributed by atoms with Crippen LogP contribution in [-0.4, -0.2) is 69.9 Å². The third kappa shape index (κ3) is 3.61. The molecule has 2 unspecified atom stereocenters. The number of esters is 1. The molecule has 0 saturated carbocycles. The molecule has 1 aromatic carbocycles. The number of amides is 1. The van der Waals surface area contributed by atoms with Crippen molar-refractivity contribution in [2.75, 3.05) is 24.6 Å². The molecule has 2 atom stereocenters. The van der Waals surface area contributed by atoms with E-state index in [9.17, 15) is 23.5 Å². The average molecular weight is 480 g/mol. The summed E-state index contributed by atoms with van der Waals surface area (Å²) < 4.78 is 43.7. The van der Waals surface area contributed by atoms with Crippen molar-refractivity contribution in [2.45, 2.75) is 31.5 Å². The minimum absolute atomic E-state index is 0.00369. The van der Waals surface area contributed by atoms with E-state index in [2.05, 4.69) is 14.7 Å². The van der Waals surface area contributed by atoms with Crippen molar-refractivity contribution in [2.24, 2.45) is 0 Å². The summed E-state index contributed by atoms with van der Waals surface area (Å²) in [6, 6.07) is 2.54. The predicted molar refractivity (Wildman–Crippen MR) is 112 cm³/mol. The number of aromatic nitrogens is 2. The highest BCUT2D eigenvalue weighted by Crippen LogP contribution is 2.41. The minimum atomic E-state index is -4.22. The molecule has 3 aromatic rings.